The molecule has 2 aromatic rings. The van der Waals surface area contributed by atoms with Gasteiger partial charge in [-0.25, -0.2) is 8.78 Å². The van der Waals surface area contributed by atoms with Crippen molar-refractivity contribution in [3.8, 4) is 0 Å². The third-order valence-corrected chi connectivity index (χ3v) is 2.61. The van der Waals surface area contributed by atoms with Gasteiger partial charge in [-0.3, -0.25) is 0 Å². The van der Waals surface area contributed by atoms with Crippen molar-refractivity contribution in [1.82, 2.24) is 0 Å². The van der Waals surface area contributed by atoms with Gasteiger partial charge in [0, 0.05) is 11.1 Å². The molecule has 102 valence electrons. The summed E-state index contributed by atoms with van der Waals surface area (Å²) in [5.41, 5.74) is 0.0625. The first kappa shape index (κ1) is 15.7. The molecule has 0 aliphatic heterocycles. The molecule has 0 saturated heterocycles. The van der Waals surface area contributed by atoms with Gasteiger partial charge in [-0.2, -0.15) is 8.78 Å². The van der Waals surface area contributed by atoms with Crippen LogP contribution in [0, 0.1) is 0 Å². The van der Waals surface area contributed by atoms with Crippen LogP contribution in [0.2, 0.25) is 0 Å². The van der Waals surface area contributed by atoms with Crippen molar-refractivity contribution in [2.75, 3.05) is 0 Å². The zero-order valence-electron chi connectivity index (χ0n) is 9.74. The van der Waals surface area contributed by atoms with E-state index in [4.69, 9.17) is 0 Å². The Morgan fingerprint density at radius 2 is 1.21 bits per heavy atom. The minimum Gasteiger partial charge on any atom is -0.205 e. The van der Waals surface area contributed by atoms with Crippen LogP contribution in [0.5, 0.6) is 0 Å². The van der Waals surface area contributed by atoms with Crippen molar-refractivity contribution >= 4 is 15.9 Å². The number of halogens is 5. The second-order valence-corrected chi connectivity index (χ2v) is 4.57. The van der Waals surface area contributed by atoms with E-state index in [1.165, 1.54) is 24.3 Å². The van der Waals surface area contributed by atoms with Gasteiger partial charge >= 0.3 is 4.83 Å². The summed E-state index contributed by atoms with van der Waals surface area (Å²) < 4.78 is 48.3. The van der Waals surface area contributed by atoms with E-state index in [9.17, 15) is 17.6 Å². The highest BCUT2D eigenvalue weighted by Gasteiger charge is 2.25. The number of rotatable bonds is 2. The molecule has 0 aliphatic carbocycles. The van der Waals surface area contributed by atoms with Crippen LogP contribution in [0.1, 0.15) is 17.6 Å². The van der Waals surface area contributed by atoms with Crippen LogP contribution in [0.25, 0.3) is 0 Å². The number of benzene rings is 2. The molecule has 0 bridgehead atoms. The van der Waals surface area contributed by atoms with Crippen LogP contribution in [-0.2, 0) is 4.83 Å². The summed E-state index contributed by atoms with van der Waals surface area (Å²) in [4.78, 5) is -2.89. The highest BCUT2D eigenvalue weighted by Crippen LogP contribution is 2.33. The van der Waals surface area contributed by atoms with Crippen LogP contribution in [-0.4, -0.2) is 0 Å². The fourth-order valence-electron chi connectivity index (χ4n) is 1.23. The van der Waals surface area contributed by atoms with Crippen LogP contribution in [0.3, 0.4) is 0 Å². The monoisotopic (exact) mass is 334 g/mol. The Balaban J connectivity index is 0.000000191. The fraction of sp³-hybridized carbons (Fsp3) is 0.143. The highest BCUT2D eigenvalue weighted by atomic mass is 79.9. The molecule has 2 aromatic carbocycles. The average Bonchev–Trinajstić information content (AvgIpc) is 2.40. The molecule has 0 heterocycles. The van der Waals surface area contributed by atoms with E-state index in [2.05, 4.69) is 15.9 Å². The van der Waals surface area contributed by atoms with Crippen molar-refractivity contribution in [2.45, 2.75) is 11.3 Å². The lowest BCUT2D eigenvalue weighted by atomic mass is 10.2. The quantitative estimate of drug-likeness (QED) is 0.484. The molecular weight excluding hydrogens is 324 g/mol. The molecule has 0 fully saturated rings. The fourth-order valence-corrected chi connectivity index (χ4v) is 1.49. The maximum Gasteiger partial charge on any atom is 0.326 e. The van der Waals surface area contributed by atoms with Gasteiger partial charge in [-0.05, 0) is 15.9 Å². The van der Waals surface area contributed by atoms with Gasteiger partial charge in [0.2, 0.25) is 0 Å². The van der Waals surface area contributed by atoms with E-state index < -0.39 is 11.3 Å². The molecule has 0 saturated carbocycles. The Bertz CT molecular complexity index is 466. The predicted molar refractivity (Wildman–Crippen MR) is 70.7 cm³/mol. The van der Waals surface area contributed by atoms with E-state index in [0.717, 1.165) is 0 Å². The van der Waals surface area contributed by atoms with Gasteiger partial charge in [-0.1, -0.05) is 60.7 Å². The summed E-state index contributed by atoms with van der Waals surface area (Å²) in [6, 6.07) is 15.3. The number of alkyl halides is 5. The Morgan fingerprint density at radius 3 is 1.47 bits per heavy atom. The summed E-state index contributed by atoms with van der Waals surface area (Å²) in [6.45, 7) is 0. The normalized spacial score (nSPS) is 10.8. The first-order valence-corrected chi connectivity index (χ1v) is 6.16. The third-order valence-electron chi connectivity index (χ3n) is 2.15. The lowest BCUT2D eigenvalue weighted by molar-refractivity contribution is 0.114. The van der Waals surface area contributed by atoms with Crippen molar-refractivity contribution in [2.24, 2.45) is 0 Å². The summed E-state index contributed by atoms with van der Waals surface area (Å²) in [5.74, 6) is 0. The maximum absolute atomic E-state index is 12.4. The SMILES string of the molecule is FC(F)(Br)c1ccccc1.FC(F)c1ccccc1. The van der Waals surface area contributed by atoms with Gasteiger partial charge in [0.1, 0.15) is 0 Å². The molecule has 0 N–H and O–H groups in total. The first-order chi connectivity index (χ1) is 8.91. The molecule has 0 radical (unpaired) electrons. The second kappa shape index (κ2) is 7.28. The van der Waals surface area contributed by atoms with E-state index in [0.29, 0.717) is 0 Å². The molecule has 5 heteroatoms. The molecule has 2 rings (SSSR count). The van der Waals surface area contributed by atoms with Crippen LogP contribution in [0.15, 0.2) is 60.7 Å². The zero-order valence-corrected chi connectivity index (χ0v) is 11.3. The van der Waals surface area contributed by atoms with Gasteiger partial charge < -0.3 is 0 Å². The molecule has 0 amide bonds. The van der Waals surface area contributed by atoms with Crippen LogP contribution in [0.4, 0.5) is 17.6 Å². The molecule has 0 aromatic heterocycles. The number of hydrogen-bond acceptors (Lipinski definition) is 0. The second-order valence-electron chi connectivity index (χ2n) is 3.58. The minimum atomic E-state index is -2.89. The largest absolute Gasteiger partial charge is 0.326 e. The molecule has 0 nitrogen and oxygen atoms in total. The van der Waals surface area contributed by atoms with Gasteiger partial charge in [0.05, 0.1) is 0 Å². The van der Waals surface area contributed by atoms with Gasteiger partial charge in [0.15, 0.2) is 0 Å². The molecule has 19 heavy (non-hydrogen) atoms. The Labute approximate surface area is 117 Å². The summed E-state index contributed by atoms with van der Waals surface area (Å²) >= 11 is 2.25. The molecule has 0 spiro atoms. The van der Waals surface area contributed by atoms with Crippen molar-refractivity contribution in [3.63, 3.8) is 0 Å². The lowest BCUT2D eigenvalue weighted by Crippen LogP contribution is -2.00. The summed E-state index contributed by atoms with van der Waals surface area (Å²) in [6.07, 6.45) is -2.34. The van der Waals surface area contributed by atoms with E-state index in [-0.39, 0.29) is 11.1 Å². The van der Waals surface area contributed by atoms with Crippen molar-refractivity contribution < 1.29 is 17.6 Å². The van der Waals surface area contributed by atoms with E-state index >= 15 is 0 Å². The van der Waals surface area contributed by atoms with Crippen LogP contribution >= 0.6 is 15.9 Å². The average molecular weight is 335 g/mol. The molecule has 0 atom stereocenters. The Kier molecular flexibility index (Phi) is 6.02. The van der Waals surface area contributed by atoms with Gasteiger partial charge in [-0.15, -0.1) is 0 Å². The number of hydrogen-bond donors (Lipinski definition) is 0. The summed E-state index contributed by atoms with van der Waals surface area (Å²) in [5, 5.41) is 0. The van der Waals surface area contributed by atoms with Crippen molar-refractivity contribution in [3.05, 3.63) is 71.8 Å². The zero-order chi connectivity index (χ0) is 14.3. The van der Waals surface area contributed by atoms with Gasteiger partial charge in [0.25, 0.3) is 6.43 Å². The first-order valence-electron chi connectivity index (χ1n) is 5.36. The highest BCUT2D eigenvalue weighted by molar-refractivity contribution is 9.09. The Morgan fingerprint density at radius 1 is 0.789 bits per heavy atom. The standard InChI is InChI=1S/C7H5BrF2.C7H6F2/c8-7(9,10)6-4-2-1-3-5-6;8-7(9)6-4-2-1-3-5-6/h1-5H;1-5,7H. The van der Waals surface area contributed by atoms with Crippen LogP contribution < -0.4 is 0 Å². The van der Waals surface area contributed by atoms with E-state index in [1.54, 1.807) is 36.4 Å². The summed E-state index contributed by atoms with van der Waals surface area (Å²) in [7, 11) is 0. The predicted octanol–water partition coefficient (Wildman–Crippen LogP) is 5.76. The topological polar surface area (TPSA) is 0 Å². The minimum absolute atomic E-state index is 0.0185. The third kappa shape index (κ3) is 5.87. The smallest absolute Gasteiger partial charge is 0.205 e. The lowest BCUT2D eigenvalue weighted by Gasteiger charge is -2.06. The van der Waals surface area contributed by atoms with Crippen molar-refractivity contribution in [1.29, 1.82) is 0 Å². The van der Waals surface area contributed by atoms with E-state index in [1.807, 2.05) is 0 Å². The molecule has 0 unspecified atom stereocenters. The Hall–Kier alpha value is -1.36. The maximum atomic E-state index is 12.4. The molecule has 0 aliphatic rings. The molecular formula is C14H11BrF4.